The Kier molecular flexibility index (Phi) is 4.79. The van der Waals surface area contributed by atoms with Gasteiger partial charge in [0.2, 0.25) is 10.0 Å². The van der Waals surface area contributed by atoms with Crippen LogP contribution in [0.15, 0.2) is 30.3 Å². The zero-order valence-corrected chi connectivity index (χ0v) is 12.0. The zero-order chi connectivity index (χ0) is 13.7. The van der Waals surface area contributed by atoms with Crippen LogP contribution in [-0.4, -0.2) is 59.0 Å². The highest BCUT2D eigenvalue weighted by Gasteiger charge is 2.19. The van der Waals surface area contributed by atoms with Crippen molar-refractivity contribution in [2.24, 2.45) is 0 Å². The fraction of sp³-hybridized carbons (Fsp3) is 0.538. The Labute approximate surface area is 114 Å². The Morgan fingerprint density at radius 1 is 1.21 bits per heavy atom. The average Bonchev–Trinajstić information content (AvgIpc) is 2.40. The third kappa shape index (κ3) is 4.19. The van der Waals surface area contributed by atoms with E-state index in [1.165, 1.54) is 10.6 Å². The highest BCUT2D eigenvalue weighted by molar-refractivity contribution is 7.92. The standard InChI is InChI=1S/C13H20N2O3S/c1-19(16,17)15(13-5-3-2-4-6-13)8-7-14-9-11-18-12-10-14/h2-6H,7-12H2,1H3. The van der Waals surface area contributed by atoms with Crippen LogP contribution in [0.3, 0.4) is 0 Å². The van der Waals surface area contributed by atoms with Gasteiger partial charge in [0.25, 0.3) is 0 Å². The number of nitrogens with zero attached hydrogens (tertiary/aromatic N) is 2. The average molecular weight is 284 g/mol. The molecule has 0 unspecified atom stereocenters. The molecule has 0 atom stereocenters. The number of rotatable bonds is 5. The van der Waals surface area contributed by atoms with Gasteiger partial charge in [0.05, 0.1) is 25.2 Å². The van der Waals surface area contributed by atoms with E-state index in [1.807, 2.05) is 30.3 Å². The smallest absolute Gasteiger partial charge is 0.232 e. The minimum atomic E-state index is -3.24. The van der Waals surface area contributed by atoms with Gasteiger partial charge in [-0.1, -0.05) is 18.2 Å². The van der Waals surface area contributed by atoms with Gasteiger partial charge in [-0.15, -0.1) is 0 Å². The molecule has 0 saturated carbocycles. The lowest BCUT2D eigenvalue weighted by Crippen LogP contribution is -2.42. The molecular formula is C13H20N2O3S. The molecule has 0 amide bonds. The number of hydrogen-bond acceptors (Lipinski definition) is 4. The van der Waals surface area contributed by atoms with E-state index in [2.05, 4.69) is 4.90 Å². The molecule has 0 spiro atoms. The first-order chi connectivity index (χ1) is 9.07. The summed E-state index contributed by atoms with van der Waals surface area (Å²) < 4.78 is 30.5. The summed E-state index contributed by atoms with van der Waals surface area (Å²) in [6.07, 6.45) is 1.25. The fourth-order valence-electron chi connectivity index (χ4n) is 2.14. The Balaban J connectivity index is 2.03. The van der Waals surface area contributed by atoms with Crippen LogP contribution >= 0.6 is 0 Å². The molecule has 1 aromatic rings. The van der Waals surface area contributed by atoms with Crippen LogP contribution in [0, 0.1) is 0 Å². The first-order valence-corrected chi connectivity index (χ1v) is 8.25. The number of ether oxygens (including phenoxy) is 1. The van der Waals surface area contributed by atoms with Crippen LogP contribution in [0.5, 0.6) is 0 Å². The number of para-hydroxylation sites is 1. The van der Waals surface area contributed by atoms with Gasteiger partial charge in [-0.05, 0) is 12.1 Å². The summed E-state index contributed by atoms with van der Waals surface area (Å²) in [6.45, 7) is 4.39. The van der Waals surface area contributed by atoms with Gasteiger partial charge in [-0.3, -0.25) is 9.21 Å². The second-order valence-electron chi connectivity index (χ2n) is 4.62. The predicted molar refractivity (Wildman–Crippen MR) is 75.9 cm³/mol. The van der Waals surface area contributed by atoms with Crippen molar-refractivity contribution in [3.05, 3.63) is 30.3 Å². The summed E-state index contributed by atoms with van der Waals surface area (Å²) in [5.41, 5.74) is 0.721. The van der Waals surface area contributed by atoms with Gasteiger partial charge >= 0.3 is 0 Å². The molecule has 1 heterocycles. The molecule has 1 saturated heterocycles. The summed E-state index contributed by atoms with van der Waals surface area (Å²) in [6, 6.07) is 9.22. The molecule has 0 radical (unpaired) electrons. The van der Waals surface area contributed by atoms with Crippen molar-refractivity contribution in [2.45, 2.75) is 0 Å². The maximum absolute atomic E-state index is 11.9. The van der Waals surface area contributed by atoms with Gasteiger partial charge in [0.1, 0.15) is 0 Å². The third-order valence-electron chi connectivity index (χ3n) is 3.17. The van der Waals surface area contributed by atoms with E-state index < -0.39 is 10.0 Å². The lowest BCUT2D eigenvalue weighted by atomic mass is 10.3. The van der Waals surface area contributed by atoms with Gasteiger partial charge in [0, 0.05) is 26.2 Å². The summed E-state index contributed by atoms with van der Waals surface area (Å²) in [5.74, 6) is 0. The second kappa shape index (κ2) is 6.36. The van der Waals surface area contributed by atoms with E-state index in [0.717, 1.165) is 38.5 Å². The van der Waals surface area contributed by atoms with Gasteiger partial charge < -0.3 is 4.74 Å². The van der Waals surface area contributed by atoms with Crippen LogP contribution in [0.25, 0.3) is 0 Å². The fourth-order valence-corrected chi connectivity index (χ4v) is 3.06. The van der Waals surface area contributed by atoms with Gasteiger partial charge in [0.15, 0.2) is 0 Å². The van der Waals surface area contributed by atoms with Crippen LogP contribution < -0.4 is 4.31 Å². The highest BCUT2D eigenvalue weighted by Crippen LogP contribution is 2.16. The molecule has 2 rings (SSSR count). The first-order valence-electron chi connectivity index (χ1n) is 6.40. The first kappa shape index (κ1) is 14.3. The van der Waals surface area contributed by atoms with Crippen molar-refractivity contribution in [2.75, 3.05) is 50.0 Å². The highest BCUT2D eigenvalue weighted by atomic mass is 32.2. The number of hydrogen-bond donors (Lipinski definition) is 0. The molecule has 5 nitrogen and oxygen atoms in total. The van der Waals surface area contributed by atoms with Gasteiger partial charge in [-0.25, -0.2) is 8.42 Å². The maximum atomic E-state index is 11.9. The van der Waals surface area contributed by atoms with E-state index in [9.17, 15) is 8.42 Å². The minimum absolute atomic E-state index is 0.475. The Hall–Kier alpha value is -1.11. The number of sulfonamides is 1. The number of benzene rings is 1. The second-order valence-corrected chi connectivity index (χ2v) is 6.53. The van der Waals surface area contributed by atoms with Crippen LogP contribution in [0.2, 0.25) is 0 Å². The molecule has 1 fully saturated rings. The Morgan fingerprint density at radius 2 is 1.84 bits per heavy atom. The lowest BCUT2D eigenvalue weighted by molar-refractivity contribution is 0.0395. The Morgan fingerprint density at radius 3 is 2.42 bits per heavy atom. The van der Waals surface area contributed by atoms with Crippen molar-refractivity contribution in [3.8, 4) is 0 Å². The van der Waals surface area contributed by atoms with Crippen molar-refractivity contribution >= 4 is 15.7 Å². The van der Waals surface area contributed by atoms with Crippen LogP contribution in [0.4, 0.5) is 5.69 Å². The third-order valence-corrected chi connectivity index (χ3v) is 4.36. The molecule has 6 heteroatoms. The largest absolute Gasteiger partial charge is 0.379 e. The van der Waals surface area contributed by atoms with Crippen LogP contribution in [-0.2, 0) is 14.8 Å². The molecule has 1 aliphatic rings. The van der Waals surface area contributed by atoms with E-state index in [4.69, 9.17) is 4.74 Å². The monoisotopic (exact) mass is 284 g/mol. The van der Waals surface area contributed by atoms with Crippen molar-refractivity contribution in [1.29, 1.82) is 0 Å². The van der Waals surface area contributed by atoms with Crippen LogP contribution in [0.1, 0.15) is 0 Å². The number of morpholine rings is 1. The predicted octanol–water partition coefficient (Wildman–Crippen LogP) is 0.785. The molecule has 0 aliphatic carbocycles. The molecular weight excluding hydrogens is 264 g/mol. The molecule has 0 aromatic heterocycles. The van der Waals surface area contributed by atoms with Crippen molar-refractivity contribution in [3.63, 3.8) is 0 Å². The summed E-state index contributed by atoms with van der Waals surface area (Å²) in [7, 11) is -3.24. The Bertz CT molecular complexity index is 484. The lowest BCUT2D eigenvalue weighted by Gasteiger charge is -2.30. The number of anilines is 1. The van der Waals surface area contributed by atoms with E-state index in [1.54, 1.807) is 0 Å². The SMILES string of the molecule is CS(=O)(=O)N(CCN1CCOCC1)c1ccccc1. The van der Waals surface area contributed by atoms with E-state index in [0.29, 0.717) is 6.54 Å². The topological polar surface area (TPSA) is 49.9 Å². The summed E-state index contributed by atoms with van der Waals surface area (Å²) in [4.78, 5) is 2.23. The molecule has 1 aromatic carbocycles. The quantitative estimate of drug-likeness (QED) is 0.802. The molecule has 106 valence electrons. The maximum Gasteiger partial charge on any atom is 0.232 e. The zero-order valence-electron chi connectivity index (χ0n) is 11.2. The summed E-state index contributed by atoms with van der Waals surface area (Å²) in [5, 5.41) is 0. The van der Waals surface area contributed by atoms with E-state index >= 15 is 0 Å². The molecule has 0 bridgehead atoms. The molecule has 0 N–H and O–H groups in total. The van der Waals surface area contributed by atoms with Crippen molar-refractivity contribution < 1.29 is 13.2 Å². The van der Waals surface area contributed by atoms with E-state index in [-0.39, 0.29) is 0 Å². The van der Waals surface area contributed by atoms with Gasteiger partial charge in [-0.2, -0.15) is 0 Å². The minimum Gasteiger partial charge on any atom is -0.379 e. The summed E-state index contributed by atoms with van der Waals surface area (Å²) >= 11 is 0. The molecule has 19 heavy (non-hydrogen) atoms. The normalized spacial score (nSPS) is 17.3. The molecule has 1 aliphatic heterocycles. The van der Waals surface area contributed by atoms with Crippen molar-refractivity contribution in [1.82, 2.24) is 4.90 Å².